The number of hydrogen-bond donors (Lipinski definition) is 2. The van der Waals surface area contributed by atoms with Crippen molar-refractivity contribution in [1.29, 1.82) is 0 Å². The van der Waals surface area contributed by atoms with E-state index in [9.17, 15) is 13.2 Å². The predicted octanol–water partition coefficient (Wildman–Crippen LogP) is 1.71. The summed E-state index contributed by atoms with van der Waals surface area (Å²) in [5.41, 5.74) is 1.80. The van der Waals surface area contributed by atoms with Gasteiger partial charge in [-0.3, -0.25) is 9.97 Å². The zero-order valence-electron chi connectivity index (χ0n) is 14.6. The molecule has 1 aromatic carbocycles. The molecular weight excluding hydrogens is 368 g/mol. The van der Waals surface area contributed by atoms with E-state index in [4.69, 9.17) is 4.42 Å². The Bertz CT molecular complexity index is 1080. The topological polar surface area (TPSA) is 108 Å². The van der Waals surface area contributed by atoms with Gasteiger partial charge in [0.05, 0.1) is 22.3 Å². The molecule has 0 saturated carbocycles. The smallest absolute Gasteiger partial charge is 0.408 e. The maximum Gasteiger partial charge on any atom is 0.417 e. The number of rotatable bonds is 5. The van der Waals surface area contributed by atoms with E-state index in [1.807, 2.05) is 18.3 Å². The molecule has 1 fully saturated rings. The first-order chi connectivity index (χ1) is 13.0. The summed E-state index contributed by atoms with van der Waals surface area (Å²) in [7, 11) is -3.64. The standard InChI is InChI=1S/C18H20N4O4S/c23-18-21-16-10-15(3-4-17(16)26-18)27(24,25)20-11-13-5-8-22(9-6-13)14-2-1-7-19-12-14/h1-4,7,10,12-13,20H,5-6,8-9,11H2,(H,21,23). The number of oxazole rings is 1. The molecule has 2 aromatic heterocycles. The van der Waals surface area contributed by atoms with Crippen molar-refractivity contribution in [1.82, 2.24) is 14.7 Å². The molecular formula is C18H20N4O4S. The average Bonchev–Trinajstić information content (AvgIpc) is 3.07. The lowest BCUT2D eigenvalue weighted by Crippen LogP contribution is -2.38. The van der Waals surface area contributed by atoms with Crippen molar-refractivity contribution < 1.29 is 12.8 Å². The molecule has 2 N–H and O–H groups in total. The van der Waals surface area contributed by atoms with Gasteiger partial charge in [0.1, 0.15) is 0 Å². The molecule has 0 bridgehead atoms. The minimum absolute atomic E-state index is 0.111. The molecule has 0 aliphatic carbocycles. The minimum atomic E-state index is -3.64. The monoisotopic (exact) mass is 388 g/mol. The van der Waals surface area contributed by atoms with Crippen molar-refractivity contribution in [2.24, 2.45) is 5.92 Å². The van der Waals surface area contributed by atoms with Crippen molar-refractivity contribution in [3.63, 3.8) is 0 Å². The second-order valence-corrected chi connectivity index (χ2v) is 8.43. The third-order valence-electron chi connectivity index (χ3n) is 4.89. The SMILES string of the molecule is O=c1[nH]c2cc(S(=O)(=O)NCC3CCN(c4cccnc4)CC3)ccc2o1. The Labute approximate surface area is 156 Å². The van der Waals surface area contributed by atoms with Crippen LogP contribution in [0.5, 0.6) is 0 Å². The highest BCUT2D eigenvalue weighted by Crippen LogP contribution is 2.23. The van der Waals surface area contributed by atoms with E-state index in [0.29, 0.717) is 17.6 Å². The number of H-pyrrole nitrogens is 1. The number of aromatic amines is 1. The van der Waals surface area contributed by atoms with Gasteiger partial charge < -0.3 is 9.32 Å². The number of piperidine rings is 1. The Morgan fingerprint density at radius 3 is 2.81 bits per heavy atom. The van der Waals surface area contributed by atoms with Crippen LogP contribution in [0.15, 0.2) is 56.8 Å². The molecule has 9 heteroatoms. The van der Waals surface area contributed by atoms with Gasteiger partial charge >= 0.3 is 5.76 Å². The molecule has 0 unspecified atom stereocenters. The molecule has 1 aliphatic rings. The Balaban J connectivity index is 1.37. The maximum absolute atomic E-state index is 12.6. The molecule has 0 amide bonds. The Hall–Kier alpha value is -2.65. The average molecular weight is 388 g/mol. The third kappa shape index (κ3) is 3.88. The Morgan fingerprint density at radius 1 is 1.26 bits per heavy atom. The van der Waals surface area contributed by atoms with Crippen LogP contribution in [0.4, 0.5) is 5.69 Å². The van der Waals surface area contributed by atoms with Gasteiger partial charge in [-0.2, -0.15) is 0 Å². The molecule has 1 saturated heterocycles. The lowest BCUT2D eigenvalue weighted by Gasteiger charge is -2.33. The van der Waals surface area contributed by atoms with Crippen LogP contribution in [-0.2, 0) is 10.0 Å². The summed E-state index contributed by atoms with van der Waals surface area (Å²) in [5, 5.41) is 0. The number of nitrogens with zero attached hydrogens (tertiary/aromatic N) is 2. The molecule has 0 radical (unpaired) electrons. The lowest BCUT2D eigenvalue weighted by atomic mass is 9.97. The minimum Gasteiger partial charge on any atom is -0.408 e. The zero-order chi connectivity index (χ0) is 18.9. The number of aromatic nitrogens is 2. The molecule has 0 spiro atoms. The van der Waals surface area contributed by atoms with Gasteiger partial charge in [0.15, 0.2) is 5.58 Å². The summed E-state index contributed by atoms with van der Waals surface area (Å²) in [5.74, 6) is -0.321. The van der Waals surface area contributed by atoms with Crippen molar-refractivity contribution in [2.75, 3.05) is 24.5 Å². The molecule has 142 valence electrons. The predicted molar refractivity (Wildman–Crippen MR) is 101 cm³/mol. The Kier molecular flexibility index (Phi) is 4.71. The van der Waals surface area contributed by atoms with E-state index in [2.05, 4.69) is 19.6 Å². The number of nitrogens with one attached hydrogen (secondary N) is 2. The summed E-state index contributed by atoms with van der Waals surface area (Å²) >= 11 is 0. The van der Waals surface area contributed by atoms with E-state index in [-0.39, 0.29) is 10.8 Å². The highest BCUT2D eigenvalue weighted by molar-refractivity contribution is 7.89. The van der Waals surface area contributed by atoms with Crippen LogP contribution in [-0.4, -0.2) is 38.0 Å². The zero-order valence-corrected chi connectivity index (χ0v) is 15.4. The van der Waals surface area contributed by atoms with Gasteiger partial charge in [0.25, 0.3) is 0 Å². The molecule has 4 rings (SSSR count). The first-order valence-electron chi connectivity index (χ1n) is 8.79. The van der Waals surface area contributed by atoms with Crippen molar-refractivity contribution >= 4 is 26.8 Å². The second kappa shape index (κ2) is 7.16. The first-order valence-corrected chi connectivity index (χ1v) is 10.3. The fourth-order valence-electron chi connectivity index (χ4n) is 3.35. The van der Waals surface area contributed by atoms with Crippen molar-refractivity contribution in [2.45, 2.75) is 17.7 Å². The highest BCUT2D eigenvalue weighted by Gasteiger charge is 2.22. The second-order valence-electron chi connectivity index (χ2n) is 6.67. The van der Waals surface area contributed by atoms with E-state index < -0.39 is 15.8 Å². The maximum atomic E-state index is 12.6. The number of sulfonamides is 1. The molecule has 0 atom stereocenters. The molecule has 8 nitrogen and oxygen atoms in total. The van der Waals surface area contributed by atoms with Crippen molar-refractivity contribution in [3.8, 4) is 0 Å². The van der Waals surface area contributed by atoms with Crippen LogP contribution in [0.2, 0.25) is 0 Å². The van der Waals surface area contributed by atoms with Crippen LogP contribution in [0.3, 0.4) is 0 Å². The van der Waals surface area contributed by atoms with Crippen LogP contribution >= 0.6 is 0 Å². The number of pyridine rings is 1. The third-order valence-corrected chi connectivity index (χ3v) is 6.31. The van der Waals surface area contributed by atoms with Gasteiger partial charge in [-0.1, -0.05) is 0 Å². The van der Waals surface area contributed by atoms with Crippen molar-refractivity contribution in [3.05, 3.63) is 53.3 Å². The fourth-order valence-corrected chi connectivity index (χ4v) is 4.49. The quantitative estimate of drug-likeness (QED) is 0.689. The van der Waals surface area contributed by atoms with Crippen LogP contribution in [0.25, 0.3) is 11.1 Å². The summed E-state index contributed by atoms with van der Waals surface area (Å²) in [4.78, 5) is 20.2. The van der Waals surface area contributed by atoms with Gasteiger partial charge in [-0.25, -0.2) is 17.9 Å². The van der Waals surface area contributed by atoms with E-state index in [1.165, 1.54) is 18.2 Å². The summed E-state index contributed by atoms with van der Waals surface area (Å²) in [6.45, 7) is 2.14. The van der Waals surface area contributed by atoms with Crippen LogP contribution < -0.4 is 15.4 Å². The number of fused-ring (bicyclic) bond motifs is 1. The summed E-state index contributed by atoms with van der Waals surface area (Å²) in [6.07, 6.45) is 5.41. The normalized spacial score (nSPS) is 16.1. The highest BCUT2D eigenvalue weighted by atomic mass is 32.2. The van der Waals surface area contributed by atoms with Gasteiger partial charge in [0, 0.05) is 25.8 Å². The number of hydrogen-bond acceptors (Lipinski definition) is 6. The lowest BCUT2D eigenvalue weighted by molar-refractivity contribution is 0.402. The molecule has 27 heavy (non-hydrogen) atoms. The van der Waals surface area contributed by atoms with E-state index in [1.54, 1.807) is 6.20 Å². The van der Waals surface area contributed by atoms with E-state index >= 15 is 0 Å². The van der Waals surface area contributed by atoms with E-state index in [0.717, 1.165) is 31.6 Å². The Morgan fingerprint density at radius 2 is 2.07 bits per heavy atom. The molecule has 3 aromatic rings. The van der Waals surface area contributed by atoms with Gasteiger partial charge in [-0.15, -0.1) is 0 Å². The molecule has 3 heterocycles. The van der Waals surface area contributed by atoms with Gasteiger partial charge in [0.2, 0.25) is 10.0 Å². The fraction of sp³-hybridized carbons (Fsp3) is 0.333. The number of anilines is 1. The largest absolute Gasteiger partial charge is 0.417 e. The van der Waals surface area contributed by atoms with Crippen LogP contribution in [0, 0.1) is 5.92 Å². The first kappa shape index (κ1) is 17.7. The number of benzene rings is 1. The molecule has 1 aliphatic heterocycles. The van der Waals surface area contributed by atoms with Crippen LogP contribution in [0.1, 0.15) is 12.8 Å². The summed E-state index contributed by atoms with van der Waals surface area (Å²) in [6, 6.07) is 8.28. The van der Waals surface area contributed by atoms with Gasteiger partial charge in [-0.05, 0) is 49.1 Å². The summed E-state index contributed by atoms with van der Waals surface area (Å²) < 4.78 is 32.7.